The maximum atomic E-state index is 10.6. The molecular weight excluding hydrogens is 325 g/mol. The van der Waals surface area contributed by atoms with Crippen molar-refractivity contribution in [2.45, 2.75) is 12.2 Å². The van der Waals surface area contributed by atoms with Crippen LogP contribution in [0.1, 0.15) is 12.1 Å². The number of amidine groups is 1. The van der Waals surface area contributed by atoms with E-state index < -0.39 is 10.2 Å². The molecule has 9 nitrogen and oxygen atoms in total. The van der Waals surface area contributed by atoms with E-state index in [1.807, 2.05) is 5.38 Å². The van der Waals surface area contributed by atoms with Crippen LogP contribution in [0.5, 0.6) is 0 Å². The van der Waals surface area contributed by atoms with Gasteiger partial charge in [-0.1, -0.05) is 0 Å². The van der Waals surface area contributed by atoms with Crippen LogP contribution >= 0.6 is 23.1 Å². The molecular formula is C8H15N7O2S3. The third-order valence-corrected chi connectivity index (χ3v) is 4.03. The van der Waals surface area contributed by atoms with Crippen LogP contribution in [-0.2, 0) is 16.0 Å². The second kappa shape index (κ2) is 7.42. The first kappa shape index (κ1) is 16.7. The van der Waals surface area contributed by atoms with Crippen molar-refractivity contribution in [3.63, 3.8) is 0 Å². The molecule has 0 radical (unpaired) electrons. The molecule has 1 aromatic rings. The van der Waals surface area contributed by atoms with Gasteiger partial charge in [-0.05, 0) is 0 Å². The van der Waals surface area contributed by atoms with Gasteiger partial charge in [-0.3, -0.25) is 0 Å². The van der Waals surface area contributed by atoms with Crippen LogP contribution in [0.25, 0.3) is 0 Å². The smallest absolute Gasteiger partial charge is 0.318 e. The summed E-state index contributed by atoms with van der Waals surface area (Å²) in [5, 5.41) is 7.07. The average molecular weight is 340 g/mol. The van der Waals surface area contributed by atoms with Crippen molar-refractivity contribution in [3.8, 4) is 0 Å². The second-order valence-corrected chi connectivity index (χ2v) is 6.71. The number of aromatic nitrogens is 1. The fourth-order valence-electron chi connectivity index (χ4n) is 1.09. The molecule has 0 saturated heterocycles. The van der Waals surface area contributed by atoms with E-state index in [0.717, 1.165) is 5.69 Å². The molecule has 0 unspecified atom stereocenters. The van der Waals surface area contributed by atoms with Crippen molar-refractivity contribution in [1.29, 1.82) is 0 Å². The molecule has 8 N–H and O–H groups in total. The lowest BCUT2D eigenvalue weighted by Gasteiger charge is -1.99. The second-order valence-electron chi connectivity index (χ2n) is 3.56. The highest BCUT2D eigenvalue weighted by Gasteiger charge is 2.04. The molecule has 0 spiro atoms. The minimum absolute atomic E-state index is 0.0144. The van der Waals surface area contributed by atoms with Gasteiger partial charge < -0.3 is 17.2 Å². The van der Waals surface area contributed by atoms with Crippen LogP contribution in [0.15, 0.2) is 14.8 Å². The van der Waals surface area contributed by atoms with E-state index in [2.05, 4.69) is 14.4 Å². The first-order valence-corrected chi connectivity index (χ1v) is 8.79. The normalized spacial score (nSPS) is 12.3. The van der Waals surface area contributed by atoms with Gasteiger partial charge in [0, 0.05) is 23.3 Å². The number of hydrogen-bond acceptors (Lipinski definition) is 6. The summed E-state index contributed by atoms with van der Waals surface area (Å²) in [5.74, 6) is 1.18. The molecule has 0 aliphatic rings. The van der Waals surface area contributed by atoms with Gasteiger partial charge in [0.05, 0.1) is 5.69 Å². The Morgan fingerprint density at radius 2 is 2.10 bits per heavy atom. The molecule has 0 atom stereocenters. The number of nitrogens with two attached hydrogens (primary N) is 4. The van der Waals surface area contributed by atoms with Crippen LogP contribution in [0.2, 0.25) is 0 Å². The lowest BCUT2D eigenvalue weighted by Crippen LogP contribution is -2.21. The van der Waals surface area contributed by atoms with Crippen molar-refractivity contribution in [3.05, 3.63) is 11.1 Å². The van der Waals surface area contributed by atoms with Crippen molar-refractivity contribution < 1.29 is 8.42 Å². The fraction of sp³-hybridized carbons (Fsp3) is 0.375. The molecule has 0 aliphatic carbocycles. The summed E-state index contributed by atoms with van der Waals surface area (Å²) in [5.41, 5.74) is 16.7. The third kappa shape index (κ3) is 7.28. The molecule has 1 rings (SSSR count). The minimum Gasteiger partial charge on any atom is -0.386 e. The summed E-state index contributed by atoms with van der Waals surface area (Å²) in [6.07, 6.45) is 0.325. The van der Waals surface area contributed by atoms with E-state index in [1.54, 1.807) is 0 Å². The van der Waals surface area contributed by atoms with Gasteiger partial charge in [0.1, 0.15) is 5.84 Å². The molecule has 0 fully saturated rings. The molecule has 1 heterocycles. The summed E-state index contributed by atoms with van der Waals surface area (Å²) in [6, 6.07) is 0. The molecule has 112 valence electrons. The Morgan fingerprint density at radius 1 is 1.40 bits per heavy atom. The molecule has 0 aromatic carbocycles. The number of aliphatic imine (C=N–C) groups is 1. The average Bonchev–Trinajstić information content (AvgIpc) is 2.68. The Morgan fingerprint density at radius 3 is 2.70 bits per heavy atom. The molecule has 0 bridgehead atoms. The van der Waals surface area contributed by atoms with Gasteiger partial charge >= 0.3 is 10.2 Å². The van der Waals surface area contributed by atoms with Gasteiger partial charge in [-0.2, -0.15) is 25.2 Å². The first-order valence-electron chi connectivity index (χ1n) is 5.25. The number of rotatable bonds is 7. The molecule has 1 aromatic heterocycles. The Bertz CT molecular complexity index is 603. The molecule has 0 aliphatic heterocycles. The third-order valence-electron chi connectivity index (χ3n) is 1.76. The summed E-state index contributed by atoms with van der Waals surface area (Å²) < 4.78 is 24.5. The van der Waals surface area contributed by atoms with Gasteiger partial charge in [0.25, 0.3) is 0 Å². The number of thioether (sulfide) groups is 1. The number of hydrogen-bond donors (Lipinski definition) is 4. The van der Waals surface area contributed by atoms with Gasteiger partial charge in [-0.25, -0.2) is 10.1 Å². The van der Waals surface area contributed by atoms with E-state index in [0.29, 0.717) is 23.1 Å². The number of guanidine groups is 1. The number of nitrogens with zero attached hydrogens (tertiary/aromatic N) is 3. The fourth-order valence-corrected chi connectivity index (χ4v) is 3.17. The summed E-state index contributed by atoms with van der Waals surface area (Å²) in [4.78, 5) is 8.03. The van der Waals surface area contributed by atoms with Crippen LogP contribution in [0.4, 0.5) is 5.13 Å². The molecule has 0 saturated carbocycles. The zero-order chi connectivity index (χ0) is 15.2. The lowest BCUT2D eigenvalue weighted by molar-refractivity contribution is 0.599. The lowest BCUT2D eigenvalue weighted by atomic mass is 10.5. The van der Waals surface area contributed by atoms with Crippen molar-refractivity contribution in [1.82, 2.24) is 4.98 Å². The van der Waals surface area contributed by atoms with E-state index >= 15 is 0 Å². The van der Waals surface area contributed by atoms with Gasteiger partial charge in [0.15, 0.2) is 5.96 Å². The molecule has 12 heteroatoms. The largest absolute Gasteiger partial charge is 0.386 e. The Hall–Kier alpha value is -1.37. The van der Waals surface area contributed by atoms with Crippen LogP contribution in [-0.4, -0.2) is 30.9 Å². The van der Waals surface area contributed by atoms with E-state index in [1.165, 1.54) is 23.1 Å². The highest BCUT2D eigenvalue weighted by atomic mass is 35.1. The van der Waals surface area contributed by atoms with E-state index in [-0.39, 0.29) is 11.8 Å². The monoisotopic (exact) mass is 340 g/mol. The summed E-state index contributed by atoms with van der Waals surface area (Å²) in [6.45, 7) is 0. The zero-order valence-corrected chi connectivity index (χ0v) is 12.8. The number of thiazole rings is 1. The van der Waals surface area contributed by atoms with Crippen molar-refractivity contribution >= 4 is 50.2 Å². The molecule has 0 amide bonds. The maximum Gasteiger partial charge on any atom is 0.318 e. The Balaban J connectivity index is 2.37. The van der Waals surface area contributed by atoms with Crippen LogP contribution in [0, 0.1) is 0 Å². The van der Waals surface area contributed by atoms with Crippen molar-refractivity contribution in [2.24, 2.45) is 31.7 Å². The van der Waals surface area contributed by atoms with Crippen molar-refractivity contribution in [2.75, 3.05) is 5.75 Å². The van der Waals surface area contributed by atoms with Gasteiger partial charge in [-0.15, -0.1) is 15.7 Å². The Labute approximate surface area is 124 Å². The Kier molecular flexibility index (Phi) is 6.19. The topological polar surface area (TPSA) is 176 Å². The van der Waals surface area contributed by atoms with Crippen LogP contribution < -0.4 is 22.3 Å². The highest BCUT2D eigenvalue weighted by Crippen LogP contribution is 2.21. The minimum atomic E-state index is -3.92. The standard InChI is InChI=1S/C8H15N7O2S3/c9-6(15-20(12,16)17)1-2-18-3-5-4-19-8(13-5)14-7(10)11/h4H,1-3H2,(H2,9,15)(H2,12,16,17)(H4,10,11,13,14)/i18+3. The quantitative estimate of drug-likeness (QED) is 0.286. The highest BCUT2D eigenvalue weighted by molar-refractivity contribution is 7.98. The molecule has 20 heavy (non-hydrogen) atoms. The summed E-state index contributed by atoms with van der Waals surface area (Å²) in [7, 11) is -3.92. The summed E-state index contributed by atoms with van der Waals surface area (Å²) >= 11 is 2.86. The SMILES string of the molecule is NC(N)=Nc1nc(C[35S]CC/C(N)=N/S(N)(=O)=O)cs1. The maximum absolute atomic E-state index is 10.6. The van der Waals surface area contributed by atoms with Crippen LogP contribution in [0.3, 0.4) is 0 Å². The first-order chi connectivity index (χ1) is 9.26. The van der Waals surface area contributed by atoms with Gasteiger partial charge in [0.2, 0.25) is 5.13 Å². The zero-order valence-electron chi connectivity index (χ0n) is 10.4. The van der Waals surface area contributed by atoms with E-state index in [9.17, 15) is 8.42 Å². The predicted molar refractivity (Wildman–Crippen MR) is 83.1 cm³/mol. The predicted octanol–water partition coefficient (Wildman–Crippen LogP) is -0.768. The van der Waals surface area contributed by atoms with E-state index in [4.69, 9.17) is 22.3 Å².